The molecule has 0 spiro atoms. The number of halogens is 1. The second-order valence-corrected chi connectivity index (χ2v) is 7.89. The first-order valence-electron chi connectivity index (χ1n) is 10.00. The van der Waals surface area contributed by atoms with E-state index in [1.807, 2.05) is 17.6 Å². The first-order valence-corrected chi connectivity index (χ1v) is 10.00. The molecule has 4 rings (SSSR count). The van der Waals surface area contributed by atoms with Crippen LogP contribution in [0.25, 0.3) is 5.65 Å². The summed E-state index contributed by atoms with van der Waals surface area (Å²) in [6.45, 7) is 7.06. The molecule has 1 unspecified atom stereocenters. The average molecular weight is 507 g/mol. The smallest absolute Gasteiger partial charge is 0.191 e. The summed E-state index contributed by atoms with van der Waals surface area (Å²) in [7, 11) is 1.81. The molecule has 7 nitrogen and oxygen atoms in total. The van der Waals surface area contributed by atoms with Crippen LogP contribution in [-0.2, 0) is 19.4 Å². The molecular weight excluding hydrogens is 477 g/mol. The van der Waals surface area contributed by atoms with Crippen LogP contribution in [0.5, 0.6) is 0 Å². The zero-order valence-corrected chi connectivity index (χ0v) is 19.8. The Hall–Kier alpha value is -2.10. The van der Waals surface area contributed by atoms with Gasteiger partial charge < -0.3 is 15.0 Å². The van der Waals surface area contributed by atoms with Crippen LogP contribution in [0, 0.1) is 6.92 Å². The number of pyridine rings is 1. The highest BCUT2D eigenvalue weighted by atomic mass is 127. The van der Waals surface area contributed by atoms with Gasteiger partial charge in [0, 0.05) is 44.1 Å². The van der Waals surface area contributed by atoms with Crippen LogP contribution in [-0.4, -0.2) is 38.2 Å². The molecule has 1 aliphatic rings. The van der Waals surface area contributed by atoms with Crippen LogP contribution in [0.2, 0.25) is 0 Å². The summed E-state index contributed by atoms with van der Waals surface area (Å²) in [5.41, 5.74) is 5.78. The summed E-state index contributed by atoms with van der Waals surface area (Å²) in [5.74, 6) is 0.810. The van der Waals surface area contributed by atoms with Crippen molar-refractivity contribution in [2.75, 3.05) is 7.05 Å². The maximum Gasteiger partial charge on any atom is 0.191 e. The minimum Gasteiger partial charge on any atom is -0.353 e. The summed E-state index contributed by atoms with van der Waals surface area (Å²) in [6.07, 6.45) is 9.38. The van der Waals surface area contributed by atoms with Gasteiger partial charge in [0.1, 0.15) is 5.65 Å². The fourth-order valence-corrected chi connectivity index (χ4v) is 3.68. The van der Waals surface area contributed by atoms with Crippen molar-refractivity contribution >= 4 is 35.6 Å². The number of imidazole rings is 1. The number of nitrogens with one attached hydrogen (secondary N) is 2. The van der Waals surface area contributed by atoms with Crippen LogP contribution in [0.3, 0.4) is 0 Å². The Kier molecular flexibility index (Phi) is 6.81. The van der Waals surface area contributed by atoms with Gasteiger partial charge in [0.2, 0.25) is 0 Å². The normalized spacial score (nSPS) is 16.6. The third-order valence-corrected chi connectivity index (χ3v) is 5.29. The second-order valence-electron chi connectivity index (χ2n) is 7.89. The van der Waals surface area contributed by atoms with E-state index in [2.05, 4.69) is 70.6 Å². The molecule has 0 radical (unpaired) electrons. The Morgan fingerprint density at radius 1 is 1.34 bits per heavy atom. The van der Waals surface area contributed by atoms with Gasteiger partial charge in [-0.2, -0.15) is 5.10 Å². The molecular formula is C21H30IN7. The molecule has 156 valence electrons. The Labute approximate surface area is 189 Å². The van der Waals surface area contributed by atoms with E-state index in [1.165, 1.54) is 16.8 Å². The quantitative estimate of drug-likeness (QED) is 0.323. The van der Waals surface area contributed by atoms with Gasteiger partial charge in [-0.3, -0.25) is 9.67 Å². The van der Waals surface area contributed by atoms with Crippen molar-refractivity contribution < 1.29 is 0 Å². The third kappa shape index (κ3) is 4.91. The fourth-order valence-electron chi connectivity index (χ4n) is 3.68. The molecule has 0 saturated carbocycles. The molecule has 0 amide bonds. The molecule has 3 heterocycles. The van der Waals surface area contributed by atoms with Crippen molar-refractivity contribution in [3.05, 3.63) is 53.2 Å². The molecule has 8 heteroatoms. The van der Waals surface area contributed by atoms with Crippen molar-refractivity contribution in [2.24, 2.45) is 4.99 Å². The number of fused-ring (bicyclic) bond motifs is 2. The third-order valence-electron chi connectivity index (χ3n) is 5.29. The van der Waals surface area contributed by atoms with Crippen LogP contribution >= 0.6 is 24.0 Å². The van der Waals surface area contributed by atoms with Crippen LogP contribution < -0.4 is 10.6 Å². The zero-order chi connectivity index (χ0) is 19.7. The number of rotatable bonds is 4. The average Bonchev–Trinajstić information content (AvgIpc) is 3.27. The van der Waals surface area contributed by atoms with Crippen LogP contribution in [0.15, 0.2) is 35.7 Å². The number of hydrogen-bond acceptors (Lipinski definition) is 3. The largest absolute Gasteiger partial charge is 0.353 e. The van der Waals surface area contributed by atoms with Gasteiger partial charge in [-0.05, 0) is 56.9 Å². The van der Waals surface area contributed by atoms with E-state index in [-0.39, 0.29) is 24.0 Å². The van der Waals surface area contributed by atoms with E-state index in [9.17, 15) is 0 Å². The zero-order valence-electron chi connectivity index (χ0n) is 17.5. The van der Waals surface area contributed by atoms with Crippen LogP contribution in [0.1, 0.15) is 48.8 Å². The number of hydrogen-bond donors (Lipinski definition) is 2. The predicted molar refractivity (Wildman–Crippen MR) is 127 cm³/mol. The summed E-state index contributed by atoms with van der Waals surface area (Å²) in [6, 6.07) is 4.93. The molecule has 2 N–H and O–H groups in total. The molecule has 1 aliphatic carbocycles. The molecule has 29 heavy (non-hydrogen) atoms. The maximum absolute atomic E-state index is 4.76. The topological polar surface area (TPSA) is 71.5 Å². The highest BCUT2D eigenvalue weighted by Crippen LogP contribution is 2.21. The van der Waals surface area contributed by atoms with E-state index in [1.54, 1.807) is 0 Å². The lowest BCUT2D eigenvalue weighted by atomic mass is 9.94. The second kappa shape index (κ2) is 9.15. The van der Waals surface area contributed by atoms with Gasteiger partial charge in [-0.1, -0.05) is 0 Å². The minimum absolute atomic E-state index is 0. The predicted octanol–water partition coefficient (Wildman–Crippen LogP) is 3.26. The van der Waals surface area contributed by atoms with E-state index in [4.69, 9.17) is 5.10 Å². The highest BCUT2D eigenvalue weighted by Gasteiger charge is 2.23. The molecule has 0 saturated heterocycles. The monoisotopic (exact) mass is 507 g/mol. The fraction of sp³-hybridized carbons (Fsp3) is 0.476. The Balaban J connectivity index is 0.00000240. The van der Waals surface area contributed by atoms with Crippen molar-refractivity contribution in [2.45, 2.75) is 58.7 Å². The van der Waals surface area contributed by atoms with Crippen molar-refractivity contribution in [3.8, 4) is 0 Å². The Bertz CT molecular complexity index is 1000. The summed E-state index contributed by atoms with van der Waals surface area (Å²) in [4.78, 5) is 9.07. The number of guanidine groups is 1. The molecule has 3 aromatic heterocycles. The summed E-state index contributed by atoms with van der Waals surface area (Å²) < 4.78 is 4.12. The van der Waals surface area contributed by atoms with E-state index in [0.29, 0.717) is 18.6 Å². The minimum atomic E-state index is 0. The van der Waals surface area contributed by atoms with Crippen LogP contribution in [0.4, 0.5) is 0 Å². The number of aryl methyl sites for hydroxylation is 2. The molecule has 0 aliphatic heterocycles. The molecule has 0 bridgehead atoms. The number of aromatic nitrogens is 4. The van der Waals surface area contributed by atoms with E-state index < -0.39 is 0 Å². The number of aliphatic imine (C=N–C) groups is 1. The molecule has 1 atom stereocenters. The molecule has 0 fully saturated rings. The lowest BCUT2D eigenvalue weighted by Crippen LogP contribution is -2.45. The van der Waals surface area contributed by atoms with E-state index >= 15 is 0 Å². The van der Waals surface area contributed by atoms with Gasteiger partial charge in [0.05, 0.1) is 17.9 Å². The Morgan fingerprint density at radius 3 is 2.93 bits per heavy atom. The van der Waals surface area contributed by atoms with Gasteiger partial charge in [-0.15, -0.1) is 24.0 Å². The molecule has 0 aromatic carbocycles. The first-order chi connectivity index (χ1) is 13.5. The van der Waals surface area contributed by atoms with Crippen molar-refractivity contribution in [3.63, 3.8) is 0 Å². The summed E-state index contributed by atoms with van der Waals surface area (Å²) in [5, 5.41) is 11.7. The lowest BCUT2D eigenvalue weighted by molar-refractivity contribution is 0.499. The highest BCUT2D eigenvalue weighted by molar-refractivity contribution is 14.0. The lowest BCUT2D eigenvalue weighted by Gasteiger charge is -2.24. The van der Waals surface area contributed by atoms with Crippen molar-refractivity contribution in [1.29, 1.82) is 0 Å². The van der Waals surface area contributed by atoms with Gasteiger partial charge in [0.15, 0.2) is 5.96 Å². The van der Waals surface area contributed by atoms with Gasteiger partial charge >= 0.3 is 0 Å². The SMILES string of the molecule is CN=C(NCc1cn2ccc(C)cc2n1)NC1CCc2cn(C(C)C)nc2C1.I. The maximum atomic E-state index is 4.76. The molecule has 3 aromatic rings. The first kappa shape index (κ1) is 21.6. The standard InChI is InChI=1S/C21H29N7.HI/c1-14(2)28-12-16-5-6-17(10-19(16)26-28)25-21(22-4)23-11-18-13-27-8-7-15(3)9-20(27)24-18;/h7-9,12-14,17H,5-6,10-11H2,1-4H3,(H2,22,23,25);1H. The van der Waals surface area contributed by atoms with Gasteiger partial charge in [0.25, 0.3) is 0 Å². The van der Waals surface area contributed by atoms with Crippen molar-refractivity contribution in [1.82, 2.24) is 29.8 Å². The Morgan fingerprint density at radius 2 is 2.17 bits per heavy atom. The number of nitrogens with zero attached hydrogens (tertiary/aromatic N) is 5. The van der Waals surface area contributed by atoms with E-state index in [0.717, 1.165) is 36.6 Å². The van der Waals surface area contributed by atoms with Gasteiger partial charge in [-0.25, -0.2) is 4.98 Å². The summed E-state index contributed by atoms with van der Waals surface area (Å²) >= 11 is 0.